The number of nitrogens with one attached hydrogen (secondary N) is 1. The quantitative estimate of drug-likeness (QED) is 0.734. The summed E-state index contributed by atoms with van der Waals surface area (Å²) >= 11 is 0. The van der Waals surface area contributed by atoms with Gasteiger partial charge in [0.25, 0.3) is 0 Å². The number of anilines is 1. The predicted octanol–water partition coefficient (Wildman–Crippen LogP) is 3.50. The molecule has 0 aliphatic carbocycles. The van der Waals surface area contributed by atoms with Crippen molar-refractivity contribution in [2.75, 3.05) is 24.2 Å². The third-order valence-electron chi connectivity index (χ3n) is 5.48. The summed E-state index contributed by atoms with van der Waals surface area (Å²) in [5.74, 6) is 0.950. The van der Waals surface area contributed by atoms with Gasteiger partial charge >= 0.3 is 0 Å². The second-order valence-corrected chi connectivity index (χ2v) is 10.5. The fourth-order valence-electron chi connectivity index (χ4n) is 3.74. The molecule has 1 N–H and O–H groups in total. The number of hydrogen-bond donors (Lipinski definition) is 1. The number of hydrogen-bond acceptors (Lipinski definition) is 5. The molecule has 0 saturated carbocycles. The summed E-state index contributed by atoms with van der Waals surface area (Å²) < 4.78 is 37.4. The lowest BCUT2D eigenvalue weighted by molar-refractivity contribution is -0.120. The van der Waals surface area contributed by atoms with Crippen LogP contribution in [-0.2, 0) is 14.8 Å². The van der Waals surface area contributed by atoms with Crippen molar-refractivity contribution in [1.29, 1.82) is 0 Å². The number of carbonyl (C=O) groups is 1. The van der Waals surface area contributed by atoms with Crippen molar-refractivity contribution in [3.8, 4) is 11.5 Å². The van der Waals surface area contributed by atoms with Crippen LogP contribution in [0.25, 0.3) is 0 Å². The Labute approximate surface area is 184 Å². The van der Waals surface area contributed by atoms with Crippen molar-refractivity contribution >= 4 is 21.6 Å². The van der Waals surface area contributed by atoms with Crippen LogP contribution in [-0.4, -0.2) is 39.8 Å². The van der Waals surface area contributed by atoms with Crippen LogP contribution in [0.4, 0.5) is 5.69 Å². The van der Waals surface area contributed by atoms with Gasteiger partial charge in [-0.15, -0.1) is 0 Å². The second kappa shape index (κ2) is 8.42. The average molecular weight is 447 g/mol. The molecule has 7 nitrogen and oxygen atoms in total. The maximum absolute atomic E-state index is 13.0. The zero-order chi connectivity index (χ0) is 23.0. The van der Waals surface area contributed by atoms with Crippen molar-refractivity contribution in [3.63, 3.8) is 0 Å². The summed E-state index contributed by atoms with van der Waals surface area (Å²) in [6.45, 7) is 7.47. The summed E-state index contributed by atoms with van der Waals surface area (Å²) in [7, 11) is -2.07. The molecule has 2 aromatic rings. The Morgan fingerprint density at radius 3 is 2.52 bits per heavy atom. The normalized spacial score (nSPS) is 17.3. The van der Waals surface area contributed by atoms with Crippen LogP contribution in [0.2, 0.25) is 0 Å². The highest BCUT2D eigenvalue weighted by atomic mass is 32.2. The number of fused-ring (bicyclic) bond motifs is 1. The van der Waals surface area contributed by atoms with E-state index in [1.165, 1.54) is 0 Å². The monoisotopic (exact) mass is 446 g/mol. The average Bonchev–Trinajstić information content (AvgIpc) is 2.66. The second-order valence-electron chi connectivity index (χ2n) is 8.63. The van der Waals surface area contributed by atoms with E-state index in [1.54, 1.807) is 19.2 Å². The lowest BCUT2D eigenvalue weighted by Gasteiger charge is -2.38. The lowest BCUT2D eigenvalue weighted by Crippen LogP contribution is -2.45. The number of sulfonamides is 1. The maximum Gasteiger partial charge on any atom is 0.241 e. The smallest absolute Gasteiger partial charge is 0.241 e. The summed E-state index contributed by atoms with van der Waals surface area (Å²) in [5.41, 5.74) is 2.80. The SMILES string of the molecule is COc1ccc2c(c1)C(NC(=O)CN(c1ccc(C)c(C)c1)S(C)(=O)=O)CC(C)(C)O2. The molecular weight excluding hydrogens is 416 g/mol. The van der Waals surface area contributed by atoms with Gasteiger partial charge in [0.15, 0.2) is 0 Å². The van der Waals surface area contributed by atoms with Gasteiger partial charge in [-0.3, -0.25) is 9.10 Å². The molecule has 0 aromatic heterocycles. The van der Waals surface area contributed by atoms with Crippen LogP contribution < -0.4 is 19.1 Å². The zero-order valence-corrected chi connectivity index (χ0v) is 19.7. The number of rotatable bonds is 6. The van der Waals surface area contributed by atoms with E-state index < -0.39 is 15.6 Å². The van der Waals surface area contributed by atoms with Crippen molar-refractivity contribution in [3.05, 3.63) is 53.1 Å². The Kier molecular flexibility index (Phi) is 6.23. The molecule has 1 aliphatic heterocycles. The van der Waals surface area contributed by atoms with E-state index in [1.807, 2.05) is 52.0 Å². The first-order valence-corrected chi connectivity index (χ1v) is 12.0. The molecule has 0 saturated heterocycles. The molecule has 1 heterocycles. The largest absolute Gasteiger partial charge is 0.497 e. The standard InChI is InChI=1S/C23H30N2O5S/c1-15-7-8-17(11-16(15)2)25(31(6,27)28)14-22(26)24-20-13-23(3,4)30-21-10-9-18(29-5)12-19(20)21/h7-12,20H,13-14H2,1-6H3,(H,24,26). The van der Waals surface area contributed by atoms with Crippen LogP contribution in [0.1, 0.15) is 43.0 Å². The minimum Gasteiger partial charge on any atom is -0.497 e. The molecular formula is C23H30N2O5S. The van der Waals surface area contributed by atoms with E-state index in [2.05, 4.69) is 5.32 Å². The maximum atomic E-state index is 13.0. The van der Waals surface area contributed by atoms with Crippen LogP contribution >= 0.6 is 0 Å². The Hall–Kier alpha value is -2.74. The Morgan fingerprint density at radius 1 is 1.19 bits per heavy atom. The predicted molar refractivity (Wildman–Crippen MR) is 121 cm³/mol. The van der Waals surface area contributed by atoms with Gasteiger partial charge in [0.1, 0.15) is 23.6 Å². The van der Waals surface area contributed by atoms with E-state index >= 15 is 0 Å². The van der Waals surface area contributed by atoms with Crippen LogP contribution in [0.5, 0.6) is 11.5 Å². The fourth-order valence-corrected chi connectivity index (χ4v) is 4.59. The number of carbonyl (C=O) groups excluding carboxylic acids is 1. The number of benzene rings is 2. The van der Waals surface area contributed by atoms with Crippen LogP contribution in [0, 0.1) is 13.8 Å². The molecule has 1 amide bonds. The summed E-state index contributed by atoms with van der Waals surface area (Å²) in [6, 6.07) is 10.5. The number of aryl methyl sites for hydroxylation is 2. The molecule has 168 valence electrons. The molecule has 31 heavy (non-hydrogen) atoms. The molecule has 2 aromatic carbocycles. The molecule has 1 unspecified atom stereocenters. The molecule has 1 atom stereocenters. The van der Waals surface area contributed by atoms with E-state index in [0.717, 1.165) is 27.3 Å². The van der Waals surface area contributed by atoms with Crippen LogP contribution in [0.15, 0.2) is 36.4 Å². The van der Waals surface area contributed by atoms with Gasteiger partial charge in [-0.05, 0) is 69.2 Å². The lowest BCUT2D eigenvalue weighted by atomic mass is 9.89. The molecule has 0 bridgehead atoms. The van der Waals surface area contributed by atoms with Crippen molar-refractivity contribution < 1.29 is 22.7 Å². The first-order chi connectivity index (χ1) is 14.4. The Balaban J connectivity index is 1.86. The number of amides is 1. The van der Waals surface area contributed by atoms with Gasteiger partial charge in [0.2, 0.25) is 15.9 Å². The van der Waals surface area contributed by atoms with Crippen molar-refractivity contribution in [1.82, 2.24) is 5.32 Å². The van der Waals surface area contributed by atoms with E-state index in [-0.39, 0.29) is 18.5 Å². The van der Waals surface area contributed by atoms with Gasteiger partial charge in [0, 0.05) is 12.0 Å². The third kappa shape index (κ3) is 5.31. The first kappa shape index (κ1) is 22.9. The molecule has 8 heteroatoms. The number of methoxy groups -OCH3 is 1. The molecule has 0 spiro atoms. The van der Waals surface area contributed by atoms with Gasteiger partial charge < -0.3 is 14.8 Å². The summed E-state index contributed by atoms with van der Waals surface area (Å²) in [6.07, 6.45) is 1.65. The van der Waals surface area contributed by atoms with Crippen molar-refractivity contribution in [2.24, 2.45) is 0 Å². The van der Waals surface area contributed by atoms with E-state index in [9.17, 15) is 13.2 Å². The molecule has 0 radical (unpaired) electrons. The minimum absolute atomic E-state index is 0.307. The number of nitrogens with zero attached hydrogens (tertiary/aromatic N) is 1. The highest BCUT2D eigenvalue weighted by Crippen LogP contribution is 2.41. The molecule has 0 fully saturated rings. The Morgan fingerprint density at radius 2 is 1.90 bits per heavy atom. The summed E-state index contributed by atoms with van der Waals surface area (Å²) in [4.78, 5) is 13.0. The highest BCUT2D eigenvalue weighted by Gasteiger charge is 2.35. The minimum atomic E-state index is -3.65. The van der Waals surface area contributed by atoms with E-state index in [4.69, 9.17) is 9.47 Å². The van der Waals surface area contributed by atoms with Gasteiger partial charge in [-0.25, -0.2) is 8.42 Å². The summed E-state index contributed by atoms with van der Waals surface area (Å²) in [5, 5.41) is 3.00. The molecule has 3 rings (SSSR count). The first-order valence-electron chi connectivity index (χ1n) is 10.1. The van der Waals surface area contributed by atoms with Gasteiger partial charge in [0.05, 0.1) is 25.1 Å². The number of ether oxygens (including phenoxy) is 2. The van der Waals surface area contributed by atoms with E-state index in [0.29, 0.717) is 23.6 Å². The topological polar surface area (TPSA) is 84.9 Å². The highest BCUT2D eigenvalue weighted by molar-refractivity contribution is 7.92. The van der Waals surface area contributed by atoms with Crippen LogP contribution in [0.3, 0.4) is 0 Å². The van der Waals surface area contributed by atoms with Gasteiger partial charge in [-0.2, -0.15) is 0 Å². The Bertz CT molecular complexity index is 1100. The van der Waals surface area contributed by atoms with Gasteiger partial charge in [-0.1, -0.05) is 6.07 Å². The third-order valence-corrected chi connectivity index (χ3v) is 6.62. The zero-order valence-electron chi connectivity index (χ0n) is 18.9. The molecule has 1 aliphatic rings. The van der Waals surface area contributed by atoms with Crippen molar-refractivity contribution in [2.45, 2.75) is 45.8 Å². The fraction of sp³-hybridized carbons (Fsp3) is 0.435.